The molecule has 2 N–H and O–H groups in total. The monoisotopic (exact) mass is 387 g/mol. The van der Waals surface area contributed by atoms with Gasteiger partial charge in [-0.2, -0.15) is 0 Å². The fraction of sp³-hybridized carbons (Fsp3) is 0.300. The number of nitrogens with zero attached hydrogens (tertiary/aromatic N) is 2. The topological polar surface area (TPSA) is 75.9 Å². The summed E-state index contributed by atoms with van der Waals surface area (Å²) < 4.78 is 5.12. The molecule has 2 aromatic rings. The minimum Gasteiger partial charge on any atom is -0.452 e. The maximum absolute atomic E-state index is 12.3. The maximum atomic E-state index is 12.3. The second-order valence-corrected chi connectivity index (χ2v) is 6.86. The molecule has 0 atom stereocenters. The van der Waals surface area contributed by atoms with Crippen LogP contribution in [0.1, 0.15) is 15.9 Å². The van der Waals surface area contributed by atoms with Gasteiger partial charge in [0.15, 0.2) is 6.61 Å². The molecule has 0 spiro atoms. The van der Waals surface area contributed by atoms with E-state index in [1.165, 1.54) is 23.8 Å². The van der Waals surface area contributed by atoms with Gasteiger partial charge in [-0.15, -0.1) is 0 Å². The molecule has 2 aromatic carbocycles. The predicted molar refractivity (Wildman–Crippen MR) is 104 cm³/mol. The fourth-order valence-corrected chi connectivity index (χ4v) is 3.09. The molecule has 27 heavy (non-hydrogen) atoms. The average molecular weight is 388 g/mol. The quantitative estimate of drug-likeness (QED) is 0.630. The Balaban J connectivity index is 1.44. The zero-order valence-electron chi connectivity index (χ0n) is 14.9. The van der Waals surface area contributed by atoms with Gasteiger partial charge in [0.25, 0.3) is 5.91 Å². The van der Waals surface area contributed by atoms with E-state index in [9.17, 15) is 9.59 Å². The number of anilines is 1. The number of esters is 1. The van der Waals surface area contributed by atoms with E-state index >= 15 is 0 Å². The molecule has 0 bridgehead atoms. The average Bonchev–Trinajstić information content (AvgIpc) is 2.69. The van der Waals surface area contributed by atoms with Crippen molar-refractivity contribution in [3.8, 4) is 0 Å². The first-order valence-electron chi connectivity index (χ1n) is 8.79. The van der Waals surface area contributed by atoms with Crippen LogP contribution in [0.25, 0.3) is 0 Å². The van der Waals surface area contributed by atoms with E-state index in [2.05, 4.69) is 17.0 Å². The van der Waals surface area contributed by atoms with E-state index in [1.807, 2.05) is 18.2 Å². The van der Waals surface area contributed by atoms with Gasteiger partial charge in [-0.25, -0.2) is 4.79 Å². The molecule has 1 aliphatic rings. The van der Waals surface area contributed by atoms with E-state index < -0.39 is 5.97 Å². The van der Waals surface area contributed by atoms with Gasteiger partial charge in [-0.3, -0.25) is 9.69 Å². The molecule has 6 nitrogen and oxygen atoms in total. The van der Waals surface area contributed by atoms with Crippen molar-refractivity contribution in [1.29, 1.82) is 0 Å². The largest absolute Gasteiger partial charge is 0.452 e. The molecule has 0 aromatic heterocycles. The van der Waals surface area contributed by atoms with Crippen LogP contribution in [-0.4, -0.2) is 54.5 Å². The number of ether oxygens (including phenoxy) is 1. The normalized spacial score (nSPS) is 14.8. The van der Waals surface area contributed by atoms with Crippen molar-refractivity contribution in [3.05, 3.63) is 64.7 Å². The number of piperazine rings is 1. The van der Waals surface area contributed by atoms with Gasteiger partial charge in [0.1, 0.15) is 0 Å². The highest BCUT2D eigenvalue weighted by Crippen LogP contribution is 2.20. The summed E-state index contributed by atoms with van der Waals surface area (Å²) in [4.78, 5) is 28.4. The van der Waals surface area contributed by atoms with Gasteiger partial charge in [-0.05, 0) is 23.8 Å². The van der Waals surface area contributed by atoms with Crippen LogP contribution < -0.4 is 5.73 Å². The van der Waals surface area contributed by atoms with Crippen molar-refractivity contribution in [2.45, 2.75) is 6.54 Å². The molecule has 1 fully saturated rings. The van der Waals surface area contributed by atoms with Crippen molar-refractivity contribution in [3.63, 3.8) is 0 Å². The lowest BCUT2D eigenvalue weighted by molar-refractivity contribution is -0.136. The third kappa shape index (κ3) is 5.21. The molecule has 1 heterocycles. The van der Waals surface area contributed by atoms with Crippen LogP contribution in [0, 0.1) is 0 Å². The van der Waals surface area contributed by atoms with Crippen LogP contribution in [0.5, 0.6) is 0 Å². The van der Waals surface area contributed by atoms with Crippen LogP contribution in [0.3, 0.4) is 0 Å². The molecule has 1 amide bonds. The second kappa shape index (κ2) is 8.88. The SMILES string of the molecule is Nc1cc(C(=O)OCC(=O)N2CCN(Cc3ccccc3)CC2)ccc1Cl. The molecule has 7 heteroatoms. The first-order chi connectivity index (χ1) is 13.0. The second-order valence-electron chi connectivity index (χ2n) is 6.45. The number of hydrogen-bond donors (Lipinski definition) is 1. The van der Waals surface area contributed by atoms with Crippen molar-refractivity contribution < 1.29 is 14.3 Å². The molecule has 0 saturated carbocycles. The lowest BCUT2D eigenvalue weighted by Gasteiger charge is -2.34. The fourth-order valence-electron chi connectivity index (χ4n) is 2.97. The van der Waals surface area contributed by atoms with E-state index in [0.29, 0.717) is 23.8 Å². The zero-order valence-corrected chi connectivity index (χ0v) is 15.7. The minimum absolute atomic E-state index is 0.190. The van der Waals surface area contributed by atoms with Crippen molar-refractivity contribution >= 4 is 29.2 Å². The van der Waals surface area contributed by atoms with Gasteiger partial charge in [0, 0.05) is 32.7 Å². The molecule has 0 radical (unpaired) electrons. The summed E-state index contributed by atoms with van der Waals surface area (Å²) in [6, 6.07) is 14.7. The Morgan fingerprint density at radius 3 is 2.41 bits per heavy atom. The number of nitrogens with two attached hydrogens (primary N) is 1. The highest BCUT2D eigenvalue weighted by molar-refractivity contribution is 6.33. The molecular weight excluding hydrogens is 366 g/mol. The maximum Gasteiger partial charge on any atom is 0.338 e. The Hall–Kier alpha value is -2.57. The third-order valence-electron chi connectivity index (χ3n) is 4.53. The Morgan fingerprint density at radius 2 is 1.74 bits per heavy atom. The van der Waals surface area contributed by atoms with Crippen molar-refractivity contribution in [2.75, 3.05) is 38.5 Å². The summed E-state index contributed by atoms with van der Waals surface area (Å²) in [5.74, 6) is -0.779. The first kappa shape index (κ1) is 19.2. The highest BCUT2D eigenvalue weighted by Gasteiger charge is 2.22. The van der Waals surface area contributed by atoms with Gasteiger partial charge in [-0.1, -0.05) is 41.9 Å². The molecule has 3 rings (SSSR count). The van der Waals surface area contributed by atoms with Gasteiger partial charge in [0.2, 0.25) is 0 Å². The molecule has 0 aliphatic carbocycles. The van der Waals surface area contributed by atoms with Crippen LogP contribution in [0.15, 0.2) is 48.5 Å². The first-order valence-corrected chi connectivity index (χ1v) is 9.17. The lowest BCUT2D eigenvalue weighted by Crippen LogP contribution is -2.49. The summed E-state index contributed by atoms with van der Waals surface area (Å²) in [6.45, 7) is 3.43. The van der Waals surface area contributed by atoms with Gasteiger partial charge in [0.05, 0.1) is 16.3 Å². The summed E-state index contributed by atoms with van der Waals surface area (Å²) in [5.41, 5.74) is 7.51. The van der Waals surface area contributed by atoms with E-state index in [4.69, 9.17) is 22.1 Å². The van der Waals surface area contributed by atoms with Crippen molar-refractivity contribution in [2.24, 2.45) is 0 Å². The predicted octanol–water partition coefficient (Wildman–Crippen LogP) is 2.42. The summed E-state index contributed by atoms with van der Waals surface area (Å²) in [6.07, 6.45) is 0. The lowest BCUT2D eigenvalue weighted by atomic mass is 10.2. The van der Waals surface area contributed by atoms with Crippen LogP contribution in [0.2, 0.25) is 5.02 Å². The van der Waals surface area contributed by atoms with E-state index in [1.54, 1.807) is 4.90 Å². The van der Waals surface area contributed by atoms with E-state index in [-0.39, 0.29) is 18.1 Å². The minimum atomic E-state index is -0.588. The number of halogens is 1. The van der Waals surface area contributed by atoms with E-state index in [0.717, 1.165) is 19.6 Å². The number of nitrogen functional groups attached to an aromatic ring is 1. The molecule has 1 saturated heterocycles. The van der Waals surface area contributed by atoms with Crippen LogP contribution in [0.4, 0.5) is 5.69 Å². The Morgan fingerprint density at radius 1 is 1.04 bits per heavy atom. The Bertz CT molecular complexity index is 805. The third-order valence-corrected chi connectivity index (χ3v) is 4.88. The number of carbonyl (C=O) groups is 2. The summed E-state index contributed by atoms with van der Waals surface area (Å²) in [7, 11) is 0. The summed E-state index contributed by atoms with van der Waals surface area (Å²) >= 11 is 5.84. The van der Waals surface area contributed by atoms with Crippen LogP contribution in [-0.2, 0) is 16.1 Å². The molecule has 1 aliphatic heterocycles. The zero-order chi connectivity index (χ0) is 19.2. The number of benzene rings is 2. The smallest absolute Gasteiger partial charge is 0.338 e. The number of carbonyl (C=O) groups excluding carboxylic acids is 2. The number of hydrogen-bond acceptors (Lipinski definition) is 5. The highest BCUT2D eigenvalue weighted by atomic mass is 35.5. The standard InChI is InChI=1S/C20H22ClN3O3/c21-17-7-6-16(12-18(17)22)20(26)27-14-19(25)24-10-8-23(9-11-24)13-15-4-2-1-3-5-15/h1-7,12H,8-11,13-14,22H2. The van der Waals surface area contributed by atoms with Crippen molar-refractivity contribution in [1.82, 2.24) is 9.80 Å². The molecular formula is C20H22ClN3O3. The number of amides is 1. The van der Waals surface area contributed by atoms with Gasteiger partial charge >= 0.3 is 5.97 Å². The Kier molecular flexibility index (Phi) is 6.32. The van der Waals surface area contributed by atoms with Crippen LogP contribution >= 0.6 is 11.6 Å². The molecule has 142 valence electrons. The summed E-state index contributed by atoms with van der Waals surface area (Å²) in [5, 5.41) is 0.371. The molecule has 0 unspecified atom stereocenters. The van der Waals surface area contributed by atoms with Gasteiger partial charge < -0.3 is 15.4 Å². The number of rotatable bonds is 5. The Labute approximate surface area is 163 Å².